The van der Waals surface area contributed by atoms with E-state index in [1.807, 2.05) is 12.1 Å². The summed E-state index contributed by atoms with van der Waals surface area (Å²) in [6, 6.07) is 6.54. The minimum absolute atomic E-state index is 0.621. The molecule has 0 bridgehead atoms. The molecule has 1 fully saturated rings. The van der Waals surface area contributed by atoms with E-state index < -0.39 is 0 Å². The zero-order valence-corrected chi connectivity index (χ0v) is 10.2. The first kappa shape index (κ1) is 11.4. The summed E-state index contributed by atoms with van der Waals surface area (Å²) < 4.78 is 0. The van der Waals surface area contributed by atoms with E-state index in [4.69, 9.17) is 5.73 Å². The minimum atomic E-state index is 0.621. The van der Waals surface area contributed by atoms with E-state index in [1.54, 1.807) is 0 Å². The molecule has 3 heteroatoms. The van der Waals surface area contributed by atoms with Crippen molar-refractivity contribution in [2.24, 2.45) is 5.92 Å². The molecular formula is C13H21N3. The zero-order valence-electron chi connectivity index (χ0n) is 10.2. The number of nitrogen functional groups attached to an aromatic ring is 1. The molecule has 2 unspecified atom stereocenters. The van der Waals surface area contributed by atoms with Gasteiger partial charge in [0.05, 0.1) is 5.69 Å². The van der Waals surface area contributed by atoms with Crippen LogP contribution in [0.1, 0.15) is 32.4 Å². The van der Waals surface area contributed by atoms with Crippen molar-refractivity contribution < 1.29 is 0 Å². The molecule has 2 rings (SSSR count). The molecule has 88 valence electrons. The van der Waals surface area contributed by atoms with Gasteiger partial charge in [-0.05, 0) is 37.8 Å². The monoisotopic (exact) mass is 219 g/mol. The molecule has 1 aromatic rings. The third-order valence-corrected chi connectivity index (χ3v) is 3.44. The van der Waals surface area contributed by atoms with Crippen LogP contribution in [0.3, 0.4) is 0 Å². The highest BCUT2D eigenvalue weighted by molar-refractivity contribution is 5.28. The number of hydrogen-bond acceptors (Lipinski definition) is 3. The number of rotatable bonds is 2. The topological polar surface area (TPSA) is 42.1 Å². The van der Waals surface area contributed by atoms with E-state index in [0.717, 1.165) is 18.2 Å². The Kier molecular flexibility index (Phi) is 3.44. The smallest absolute Gasteiger partial charge is 0.123 e. The Hall–Kier alpha value is -1.09. The standard InChI is InChI=1S/C13H21N3/c1-10-6-7-11(2)16(8-10)9-12-4-3-5-13(14)15-12/h3-5,10-11H,6-9H2,1-2H3,(H2,14,15). The van der Waals surface area contributed by atoms with Crippen LogP contribution in [-0.4, -0.2) is 22.5 Å². The van der Waals surface area contributed by atoms with Gasteiger partial charge < -0.3 is 5.73 Å². The van der Waals surface area contributed by atoms with Crippen molar-refractivity contribution in [3.63, 3.8) is 0 Å². The summed E-state index contributed by atoms with van der Waals surface area (Å²) in [7, 11) is 0. The maximum atomic E-state index is 5.70. The quantitative estimate of drug-likeness (QED) is 0.829. The van der Waals surface area contributed by atoms with Gasteiger partial charge in [0, 0.05) is 19.1 Å². The molecule has 2 heterocycles. The van der Waals surface area contributed by atoms with Crippen LogP contribution in [-0.2, 0) is 6.54 Å². The Balaban J connectivity index is 2.02. The van der Waals surface area contributed by atoms with Crippen molar-refractivity contribution in [3.05, 3.63) is 23.9 Å². The van der Waals surface area contributed by atoms with Crippen molar-refractivity contribution >= 4 is 5.82 Å². The van der Waals surface area contributed by atoms with Gasteiger partial charge in [0.25, 0.3) is 0 Å². The van der Waals surface area contributed by atoms with Gasteiger partial charge in [-0.25, -0.2) is 4.98 Å². The molecule has 0 aliphatic carbocycles. The molecule has 2 atom stereocenters. The Bertz CT molecular complexity index is 351. The largest absolute Gasteiger partial charge is 0.384 e. The van der Waals surface area contributed by atoms with Crippen molar-refractivity contribution in [1.82, 2.24) is 9.88 Å². The SMILES string of the molecule is CC1CCC(C)N(Cc2cccc(N)n2)C1. The second kappa shape index (κ2) is 4.83. The van der Waals surface area contributed by atoms with Crippen LogP contribution in [0.25, 0.3) is 0 Å². The van der Waals surface area contributed by atoms with Gasteiger partial charge >= 0.3 is 0 Å². The number of likely N-dealkylation sites (tertiary alicyclic amines) is 1. The molecule has 1 saturated heterocycles. The average molecular weight is 219 g/mol. The van der Waals surface area contributed by atoms with Crippen molar-refractivity contribution in [2.75, 3.05) is 12.3 Å². The highest BCUT2D eigenvalue weighted by Crippen LogP contribution is 2.22. The number of pyridine rings is 1. The van der Waals surface area contributed by atoms with Crippen LogP contribution in [0.2, 0.25) is 0 Å². The molecule has 1 aliphatic rings. The number of nitrogens with two attached hydrogens (primary N) is 1. The molecule has 16 heavy (non-hydrogen) atoms. The number of piperidine rings is 1. The lowest BCUT2D eigenvalue weighted by Crippen LogP contribution is -2.40. The highest BCUT2D eigenvalue weighted by atomic mass is 15.2. The third kappa shape index (κ3) is 2.73. The summed E-state index contributed by atoms with van der Waals surface area (Å²) in [5, 5.41) is 0. The number of nitrogens with zero attached hydrogens (tertiary/aromatic N) is 2. The number of hydrogen-bond donors (Lipinski definition) is 1. The molecular weight excluding hydrogens is 198 g/mol. The molecule has 1 aromatic heterocycles. The first-order valence-corrected chi connectivity index (χ1v) is 6.10. The van der Waals surface area contributed by atoms with Crippen LogP contribution >= 0.6 is 0 Å². The van der Waals surface area contributed by atoms with Gasteiger partial charge in [-0.1, -0.05) is 13.0 Å². The zero-order chi connectivity index (χ0) is 11.5. The predicted octanol–water partition coefficient (Wildman–Crippen LogP) is 2.28. The summed E-state index contributed by atoms with van der Waals surface area (Å²) in [6.45, 7) is 6.73. The summed E-state index contributed by atoms with van der Waals surface area (Å²) in [6.07, 6.45) is 2.64. The molecule has 0 radical (unpaired) electrons. The Morgan fingerprint density at radius 2 is 2.19 bits per heavy atom. The summed E-state index contributed by atoms with van der Waals surface area (Å²) in [4.78, 5) is 6.87. The van der Waals surface area contributed by atoms with Crippen molar-refractivity contribution in [2.45, 2.75) is 39.3 Å². The number of aromatic nitrogens is 1. The van der Waals surface area contributed by atoms with Crippen LogP contribution < -0.4 is 5.73 Å². The van der Waals surface area contributed by atoms with Crippen molar-refractivity contribution in [3.8, 4) is 0 Å². The molecule has 2 N–H and O–H groups in total. The van der Waals surface area contributed by atoms with E-state index in [9.17, 15) is 0 Å². The fourth-order valence-electron chi connectivity index (χ4n) is 2.39. The van der Waals surface area contributed by atoms with Crippen LogP contribution in [0.4, 0.5) is 5.82 Å². The molecule has 0 amide bonds. The fourth-order valence-corrected chi connectivity index (χ4v) is 2.39. The maximum absolute atomic E-state index is 5.70. The fraction of sp³-hybridized carbons (Fsp3) is 0.615. The van der Waals surface area contributed by atoms with Gasteiger partial charge in [0.2, 0.25) is 0 Å². The van der Waals surface area contributed by atoms with Gasteiger partial charge in [-0.2, -0.15) is 0 Å². The van der Waals surface area contributed by atoms with Gasteiger partial charge in [-0.3, -0.25) is 4.90 Å². The van der Waals surface area contributed by atoms with E-state index in [0.29, 0.717) is 11.9 Å². The first-order chi connectivity index (χ1) is 7.65. The summed E-state index contributed by atoms with van der Waals surface area (Å²) in [5.41, 5.74) is 6.78. The Labute approximate surface area is 97.7 Å². The van der Waals surface area contributed by atoms with Crippen LogP contribution in [0.15, 0.2) is 18.2 Å². The lowest BCUT2D eigenvalue weighted by molar-refractivity contribution is 0.116. The number of anilines is 1. The summed E-state index contributed by atoms with van der Waals surface area (Å²) >= 11 is 0. The normalized spacial score (nSPS) is 26.9. The van der Waals surface area contributed by atoms with E-state index in [2.05, 4.69) is 29.8 Å². The molecule has 3 nitrogen and oxygen atoms in total. The van der Waals surface area contributed by atoms with E-state index >= 15 is 0 Å². The van der Waals surface area contributed by atoms with E-state index in [1.165, 1.54) is 19.4 Å². The molecule has 0 spiro atoms. The second-order valence-electron chi connectivity index (χ2n) is 5.01. The highest BCUT2D eigenvalue weighted by Gasteiger charge is 2.22. The predicted molar refractivity (Wildman–Crippen MR) is 66.9 cm³/mol. The Morgan fingerprint density at radius 3 is 2.94 bits per heavy atom. The molecule has 0 saturated carbocycles. The van der Waals surface area contributed by atoms with E-state index in [-0.39, 0.29) is 0 Å². The average Bonchev–Trinajstić information content (AvgIpc) is 2.24. The molecule has 1 aliphatic heterocycles. The van der Waals surface area contributed by atoms with Crippen LogP contribution in [0, 0.1) is 5.92 Å². The van der Waals surface area contributed by atoms with Gasteiger partial charge in [0.1, 0.15) is 5.82 Å². The second-order valence-corrected chi connectivity index (χ2v) is 5.01. The third-order valence-electron chi connectivity index (χ3n) is 3.44. The lowest BCUT2D eigenvalue weighted by atomic mass is 9.95. The lowest BCUT2D eigenvalue weighted by Gasteiger charge is -2.36. The summed E-state index contributed by atoms with van der Waals surface area (Å²) in [5.74, 6) is 1.42. The van der Waals surface area contributed by atoms with Crippen molar-refractivity contribution in [1.29, 1.82) is 0 Å². The van der Waals surface area contributed by atoms with Gasteiger partial charge in [-0.15, -0.1) is 0 Å². The van der Waals surface area contributed by atoms with Gasteiger partial charge in [0.15, 0.2) is 0 Å². The van der Waals surface area contributed by atoms with Crippen LogP contribution in [0.5, 0.6) is 0 Å². The molecule has 0 aromatic carbocycles. The maximum Gasteiger partial charge on any atom is 0.123 e. The Morgan fingerprint density at radius 1 is 1.38 bits per heavy atom. The first-order valence-electron chi connectivity index (χ1n) is 6.10. The minimum Gasteiger partial charge on any atom is -0.384 e.